The number of nitrogens with zero attached hydrogens (tertiary/aromatic N) is 1. The van der Waals surface area contributed by atoms with Gasteiger partial charge in [0, 0.05) is 0 Å². The molecule has 0 aromatic carbocycles. The highest BCUT2D eigenvalue weighted by Gasteiger charge is 2.11. The van der Waals surface area contributed by atoms with Crippen molar-refractivity contribution >= 4 is 40.7 Å². The van der Waals surface area contributed by atoms with Crippen molar-refractivity contribution in [2.75, 3.05) is 0 Å². The van der Waals surface area contributed by atoms with Gasteiger partial charge in [0.05, 0.1) is 0 Å². The average Bonchev–Trinajstić information content (AvgIpc) is 2.09. The Kier molecular flexibility index (Phi) is 2.53. The number of aromatic nitrogens is 1. The van der Waals surface area contributed by atoms with Crippen LogP contribution >= 0.6 is 34.5 Å². The lowest BCUT2D eigenvalue weighted by atomic mass is 10.9. The molecule has 1 N–H and O–H groups in total. The second kappa shape index (κ2) is 3.25. The molecule has 1 aromatic heterocycles. The molecule has 0 amide bonds. The van der Waals surface area contributed by atoms with Crippen molar-refractivity contribution in [3.63, 3.8) is 0 Å². The zero-order chi connectivity index (χ0) is 8.43. The molecule has 11 heavy (non-hydrogen) atoms. The summed E-state index contributed by atoms with van der Waals surface area (Å²) in [5.74, 6) is 0. The Morgan fingerprint density at radius 1 is 1.64 bits per heavy atom. The SMILES string of the molecule is O=C(O)Oc1sc(Cl)nc1Cl. The maximum atomic E-state index is 9.99. The lowest BCUT2D eigenvalue weighted by Crippen LogP contribution is -2.01. The molecular formula is C4HCl2NO3S. The average molecular weight is 214 g/mol. The van der Waals surface area contributed by atoms with Crippen LogP contribution in [0.15, 0.2) is 0 Å². The first-order chi connectivity index (χ1) is 5.09. The topological polar surface area (TPSA) is 59.4 Å². The Morgan fingerprint density at radius 2 is 2.27 bits per heavy atom. The van der Waals surface area contributed by atoms with Crippen LogP contribution < -0.4 is 4.74 Å². The summed E-state index contributed by atoms with van der Waals surface area (Å²) in [6.45, 7) is 0. The second-order valence-corrected chi connectivity index (χ2v) is 3.31. The number of carbonyl (C=O) groups is 1. The third kappa shape index (κ3) is 2.21. The van der Waals surface area contributed by atoms with Crippen LogP contribution in [0.2, 0.25) is 9.62 Å². The van der Waals surface area contributed by atoms with Gasteiger partial charge in [0.1, 0.15) is 0 Å². The van der Waals surface area contributed by atoms with Crippen molar-refractivity contribution in [2.45, 2.75) is 0 Å². The Labute approximate surface area is 75.3 Å². The number of rotatable bonds is 1. The zero-order valence-electron chi connectivity index (χ0n) is 4.88. The predicted octanol–water partition coefficient (Wildman–Crippen LogP) is 2.51. The van der Waals surface area contributed by atoms with Gasteiger partial charge in [0.15, 0.2) is 9.62 Å². The van der Waals surface area contributed by atoms with Crippen molar-refractivity contribution < 1.29 is 14.6 Å². The fourth-order valence-corrected chi connectivity index (χ4v) is 1.57. The number of hydrogen-bond donors (Lipinski definition) is 1. The lowest BCUT2D eigenvalue weighted by molar-refractivity contribution is 0.146. The van der Waals surface area contributed by atoms with E-state index in [2.05, 4.69) is 9.72 Å². The molecular weight excluding hydrogens is 213 g/mol. The van der Waals surface area contributed by atoms with E-state index in [1.807, 2.05) is 0 Å². The Morgan fingerprint density at radius 3 is 2.64 bits per heavy atom. The van der Waals surface area contributed by atoms with E-state index in [9.17, 15) is 4.79 Å². The number of carboxylic acid groups (broad SMARTS) is 1. The van der Waals surface area contributed by atoms with E-state index < -0.39 is 6.16 Å². The molecule has 0 radical (unpaired) electrons. The van der Waals surface area contributed by atoms with E-state index in [0.717, 1.165) is 11.3 Å². The quantitative estimate of drug-likeness (QED) is 0.729. The van der Waals surface area contributed by atoms with Crippen LogP contribution in [0.5, 0.6) is 5.06 Å². The molecule has 1 heterocycles. The van der Waals surface area contributed by atoms with Crippen LogP contribution in [0.3, 0.4) is 0 Å². The molecule has 0 saturated heterocycles. The first kappa shape index (κ1) is 8.58. The molecule has 0 aliphatic rings. The smallest absolute Gasteiger partial charge is 0.449 e. The molecule has 0 fully saturated rings. The summed E-state index contributed by atoms with van der Waals surface area (Å²) in [6.07, 6.45) is -1.44. The minimum Gasteiger partial charge on any atom is -0.449 e. The van der Waals surface area contributed by atoms with E-state index >= 15 is 0 Å². The van der Waals surface area contributed by atoms with Crippen LogP contribution in [-0.4, -0.2) is 16.2 Å². The van der Waals surface area contributed by atoms with Gasteiger partial charge < -0.3 is 9.84 Å². The number of thiazole rings is 1. The van der Waals surface area contributed by atoms with Crippen LogP contribution in [0.25, 0.3) is 0 Å². The largest absolute Gasteiger partial charge is 0.512 e. The van der Waals surface area contributed by atoms with Crippen molar-refractivity contribution in [1.29, 1.82) is 0 Å². The van der Waals surface area contributed by atoms with Crippen LogP contribution in [0.1, 0.15) is 0 Å². The van der Waals surface area contributed by atoms with Crippen molar-refractivity contribution in [2.24, 2.45) is 0 Å². The Balaban J connectivity index is 2.85. The van der Waals surface area contributed by atoms with Gasteiger partial charge in [0.2, 0.25) is 5.06 Å². The van der Waals surface area contributed by atoms with Crippen LogP contribution in [0.4, 0.5) is 4.79 Å². The van der Waals surface area contributed by atoms with Gasteiger partial charge in [-0.05, 0) is 0 Å². The molecule has 4 nitrogen and oxygen atoms in total. The monoisotopic (exact) mass is 213 g/mol. The number of ether oxygens (including phenoxy) is 1. The van der Waals surface area contributed by atoms with Gasteiger partial charge in [-0.2, -0.15) is 0 Å². The number of halogens is 2. The highest BCUT2D eigenvalue weighted by molar-refractivity contribution is 7.18. The molecule has 0 aliphatic heterocycles. The summed E-state index contributed by atoms with van der Waals surface area (Å²) in [6, 6.07) is 0. The summed E-state index contributed by atoms with van der Waals surface area (Å²) < 4.78 is 4.37. The highest BCUT2D eigenvalue weighted by atomic mass is 35.5. The zero-order valence-corrected chi connectivity index (χ0v) is 7.20. The van der Waals surface area contributed by atoms with E-state index in [0.29, 0.717) is 0 Å². The van der Waals surface area contributed by atoms with Gasteiger partial charge in [-0.15, -0.1) is 0 Å². The molecule has 0 spiro atoms. The van der Waals surface area contributed by atoms with Crippen molar-refractivity contribution in [3.05, 3.63) is 9.62 Å². The first-order valence-electron chi connectivity index (χ1n) is 2.32. The Hall–Kier alpha value is -0.520. The first-order valence-corrected chi connectivity index (χ1v) is 3.89. The molecule has 0 saturated carbocycles. The van der Waals surface area contributed by atoms with Gasteiger partial charge >= 0.3 is 6.16 Å². The molecule has 1 aromatic rings. The molecule has 0 atom stereocenters. The lowest BCUT2D eigenvalue weighted by Gasteiger charge is -1.91. The summed E-state index contributed by atoms with van der Waals surface area (Å²) in [5.41, 5.74) is 0. The fraction of sp³-hybridized carbons (Fsp3) is 0. The summed E-state index contributed by atoms with van der Waals surface area (Å²) in [4.78, 5) is 13.5. The highest BCUT2D eigenvalue weighted by Crippen LogP contribution is 2.33. The maximum Gasteiger partial charge on any atom is 0.512 e. The molecule has 0 bridgehead atoms. The van der Waals surface area contributed by atoms with Crippen molar-refractivity contribution in [1.82, 2.24) is 4.98 Å². The Bertz CT molecular complexity index is 287. The van der Waals surface area contributed by atoms with E-state index in [1.54, 1.807) is 0 Å². The van der Waals surface area contributed by atoms with Gasteiger partial charge in [0.25, 0.3) is 0 Å². The third-order valence-corrected chi connectivity index (χ3v) is 2.12. The fourth-order valence-electron chi connectivity index (χ4n) is 0.406. The minimum atomic E-state index is -1.44. The minimum absolute atomic E-state index is 0.0100. The van der Waals surface area contributed by atoms with Gasteiger partial charge in [-0.3, -0.25) is 0 Å². The molecule has 0 unspecified atom stereocenters. The molecule has 60 valence electrons. The molecule has 0 aliphatic carbocycles. The van der Waals surface area contributed by atoms with E-state index in [4.69, 9.17) is 28.3 Å². The van der Waals surface area contributed by atoms with Crippen molar-refractivity contribution in [3.8, 4) is 5.06 Å². The van der Waals surface area contributed by atoms with Crippen LogP contribution in [0, 0.1) is 0 Å². The maximum absolute atomic E-state index is 9.99. The summed E-state index contributed by atoms with van der Waals surface area (Å²) in [5, 5.41) is 8.11. The number of hydrogen-bond acceptors (Lipinski definition) is 4. The molecule has 1 rings (SSSR count). The molecule has 7 heteroatoms. The van der Waals surface area contributed by atoms with Gasteiger partial charge in [-0.1, -0.05) is 34.5 Å². The van der Waals surface area contributed by atoms with E-state index in [-0.39, 0.29) is 14.7 Å². The third-order valence-electron chi connectivity index (χ3n) is 0.711. The van der Waals surface area contributed by atoms with E-state index in [1.165, 1.54) is 0 Å². The summed E-state index contributed by atoms with van der Waals surface area (Å²) >= 11 is 11.7. The predicted molar refractivity (Wildman–Crippen MR) is 40.8 cm³/mol. The second-order valence-electron chi connectivity index (χ2n) is 1.41. The normalized spacial score (nSPS) is 9.64. The standard InChI is InChI=1S/C4HCl2NO3S/c5-1-2(10-4(8)9)11-3(6)7-1/h(H,8,9). The van der Waals surface area contributed by atoms with Crippen LogP contribution in [-0.2, 0) is 0 Å². The summed E-state index contributed by atoms with van der Waals surface area (Å²) in [7, 11) is 0. The van der Waals surface area contributed by atoms with Gasteiger partial charge in [-0.25, -0.2) is 9.78 Å².